The third-order valence-electron chi connectivity index (χ3n) is 4.26. The highest BCUT2D eigenvalue weighted by molar-refractivity contribution is 9.10. The lowest BCUT2D eigenvalue weighted by atomic mass is 10.0. The number of hydrogen-bond acceptors (Lipinski definition) is 2. The Bertz CT molecular complexity index is 409. The van der Waals surface area contributed by atoms with Crippen LogP contribution in [0.4, 0.5) is 0 Å². The summed E-state index contributed by atoms with van der Waals surface area (Å²) in [5.41, 5.74) is 8.61. The SMILES string of the molecule is Cc1ccc(C(CN)N2CC(C)C(C)C2)cc1Br. The van der Waals surface area contributed by atoms with Gasteiger partial charge in [0, 0.05) is 30.1 Å². The lowest BCUT2D eigenvalue weighted by molar-refractivity contribution is 0.240. The number of benzene rings is 1. The largest absolute Gasteiger partial charge is 0.329 e. The van der Waals surface area contributed by atoms with Crippen molar-refractivity contribution in [1.29, 1.82) is 0 Å². The monoisotopic (exact) mass is 310 g/mol. The van der Waals surface area contributed by atoms with Crippen molar-refractivity contribution in [3.05, 3.63) is 33.8 Å². The van der Waals surface area contributed by atoms with Gasteiger partial charge in [0.2, 0.25) is 0 Å². The first-order valence-corrected chi connectivity index (χ1v) is 7.52. The molecule has 2 nitrogen and oxygen atoms in total. The van der Waals surface area contributed by atoms with Crippen LogP contribution >= 0.6 is 15.9 Å². The zero-order valence-corrected chi connectivity index (χ0v) is 13.1. The predicted molar refractivity (Wildman–Crippen MR) is 80.6 cm³/mol. The maximum atomic E-state index is 6.01. The van der Waals surface area contributed by atoms with Crippen LogP contribution < -0.4 is 5.73 Å². The van der Waals surface area contributed by atoms with Crippen LogP contribution in [0.1, 0.15) is 31.0 Å². The van der Waals surface area contributed by atoms with Crippen LogP contribution in [0, 0.1) is 18.8 Å². The predicted octanol–water partition coefficient (Wildman–Crippen LogP) is 3.35. The molecule has 0 spiro atoms. The first-order chi connectivity index (χ1) is 8.52. The van der Waals surface area contributed by atoms with Gasteiger partial charge in [-0.2, -0.15) is 0 Å². The quantitative estimate of drug-likeness (QED) is 0.927. The number of likely N-dealkylation sites (tertiary alicyclic amines) is 1. The second-order valence-electron chi connectivity index (χ2n) is 5.67. The van der Waals surface area contributed by atoms with Crippen molar-refractivity contribution in [2.24, 2.45) is 17.6 Å². The Labute approximate surface area is 119 Å². The van der Waals surface area contributed by atoms with Crippen molar-refractivity contribution in [3.63, 3.8) is 0 Å². The topological polar surface area (TPSA) is 29.3 Å². The van der Waals surface area contributed by atoms with Crippen LogP contribution in [0.15, 0.2) is 22.7 Å². The van der Waals surface area contributed by atoms with E-state index >= 15 is 0 Å². The van der Waals surface area contributed by atoms with Gasteiger partial charge in [0.05, 0.1) is 0 Å². The van der Waals surface area contributed by atoms with E-state index in [0.29, 0.717) is 12.6 Å². The first-order valence-electron chi connectivity index (χ1n) is 6.73. The Kier molecular flexibility index (Phi) is 4.46. The summed E-state index contributed by atoms with van der Waals surface area (Å²) in [6.45, 7) is 9.80. The van der Waals surface area contributed by atoms with E-state index < -0.39 is 0 Å². The van der Waals surface area contributed by atoms with E-state index in [2.05, 4.69) is 59.8 Å². The minimum absolute atomic E-state index is 0.356. The Hall–Kier alpha value is -0.380. The van der Waals surface area contributed by atoms with Gasteiger partial charge in [0.15, 0.2) is 0 Å². The van der Waals surface area contributed by atoms with E-state index in [1.807, 2.05) is 0 Å². The molecule has 0 bridgehead atoms. The van der Waals surface area contributed by atoms with Crippen LogP contribution in [0.3, 0.4) is 0 Å². The maximum absolute atomic E-state index is 6.01. The molecule has 1 aromatic carbocycles. The third kappa shape index (κ3) is 2.79. The van der Waals surface area contributed by atoms with Crippen LogP contribution in [0.2, 0.25) is 0 Å². The smallest absolute Gasteiger partial charge is 0.0471 e. The summed E-state index contributed by atoms with van der Waals surface area (Å²) in [5.74, 6) is 1.54. The molecule has 1 aliphatic rings. The summed E-state index contributed by atoms with van der Waals surface area (Å²) in [6, 6.07) is 6.96. The minimum atomic E-state index is 0.356. The Morgan fingerprint density at radius 2 is 1.94 bits per heavy atom. The number of aryl methyl sites for hydroxylation is 1. The van der Waals surface area contributed by atoms with E-state index in [1.54, 1.807) is 0 Å². The molecule has 3 atom stereocenters. The van der Waals surface area contributed by atoms with Gasteiger partial charge in [-0.3, -0.25) is 4.90 Å². The fourth-order valence-corrected chi connectivity index (χ4v) is 3.14. The fraction of sp³-hybridized carbons (Fsp3) is 0.600. The first kappa shape index (κ1) is 14.0. The molecule has 0 aliphatic carbocycles. The summed E-state index contributed by atoms with van der Waals surface area (Å²) in [6.07, 6.45) is 0. The minimum Gasteiger partial charge on any atom is -0.329 e. The van der Waals surface area contributed by atoms with Gasteiger partial charge in [-0.25, -0.2) is 0 Å². The van der Waals surface area contributed by atoms with Crippen LogP contribution in [-0.4, -0.2) is 24.5 Å². The zero-order valence-electron chi connectivity index (χ0n) is 11.5. The number of rotatable bonds is 3. The van der Waals surface area contributed by atoms with Crippen LogP contribution in [-0.2, 0) is 0 Å². The normalized spacial score (nSPS) is 26.5. The van der Waals surface area contributed by atoms with Crippen molar-refractivity contribution in [2.75, 3.05) is 19.6 Å². The fourth-order valence-electron chi connectivity index (χ4n) is 2.74. The lowest BCUT2D eigenvalue weighted by Crippen LogP contribution is -2.32. The highest BCUT2D eigenvalue weighted by atomic mass is 79.9. The molecule has 0 aromatic heterocycles. The second kappa shape index (κ2) is 5.72. The molecule has 2 N–H and O–H groups in total. The summed E-state index contributed by atoms with van der Waals surface area (Å²) < 4.78 is 1.18. The second-order valence-corrected chi connectivity index (χ2v) is 6.52. The molecule has 0 saturated carbocycles. The van der Waals surface area contributed by atoms with E-state index in [-0.39, 0.29) is 0 Å². The summed E-state index contributed by atoms with van der Waals surface area (Å²) in [5, 5.41) is 0. The zero-order chi connectivity index (χ0) is 13.3. The van der Waals surface area contributed by atoms with Gasteiger partial charge in [-0.05, 0) is 36.0 Å². The molecule has 0 amide bonds. The van der Waals surface area contributed by atoms with Gasteiger partial charge < -0.3 is 5.73 Å². The average Bonchev–Trinajstić information content (AvgIpc) is 2.65. The van der Waals surface area contributed by atoms with E-state index in [1.165, 1.54) is 15.6 Å². The van der Waals surface area contributed by atoms with E-state index in [0.717, 1.165) is 24.9 Å². The molecule has 1 fully saturated rings. The Balaban J connectivity index is 2.20. The van der Waals surface area contributed by atoms with Gasteiger partial charge in [0.25, 0.3) is 0 Å². The Morgan fingerprint density at radius 3 is 2.44 bits per heavy atom. The highest BCUT2D eigenvalue weighted by Crippen LogP contribution is 2.31. The van der Waals surface area contributed by atoms with E-state index in [9.17, 15) is 0 Å². The van der Waals surface area contributed by atoms with Crippen molar-refractivity contribution in [1.82, 2.24) is 4.90 Å². The van der Waals surface area contributed by atoms with Crippen LogP contribution in [0.25, 0.3) is 0 Å². The molecule has 1 aromatic rings. The van der Waals surface area contributed by atoms with Crippen molar-refractivity contribution in [3.8, 4) is 0 Å². The molecular formula is C15H23BrN2. The number of nitrogens with zero attached hydrogens (tertiary/aromatic N) is 1. The molecule has 1 heterocycles. The van der Waals surface area contributed by atoms with Gasteiger partial charge >= 0.3 is 0 Å². The van der Waals surface area contributed by atoms with Crippen molar-refractivity contribution in [2.45, 2.75) is 26.8 Å². The van der Waals surface area contributed by atoms with Crippen LogP contribution in [0.5, 0.6) is 0 Å². The van der Waals surface area contributed by atoms with E-state index in [4.69, 9.17) is 5.73 Å². The Morgan fingerprint density at radius 1 is 1.33 bits per heavy atom. The average molecular weight is 311 g/mol. The molecule has 3 unspecified atom stereocenters. The molecule has 1 saturated heterocycles. The molecular weight excluding hydrogens is 288 g/mol. The summed E-state index contributed by atoms with van der Waals surface area (Å²) in [4.78, 5) is 2.53. The third-order valence-corrected chi connectivity index (χ3v) is 5.12. The summed E-state index contributed by atoms with van der Waals surface area (Å²) >= 11 is 3.62. The van der Waals surface area contributed by atoms with Crippen molar-refractivity contribution >= 4 is 15.9 Å². The number of hydrogen-bond donors (Lipinski definition) is 1. The standard InChI is InChI=1S/C15H23BrN2/c1-10-4-5-13(6-14(10)16)15(7-17)18-8-11(2)12(3)9-18/h4-6,11-12,15H,7-9,17H2,1-3H3. The number of nitrogens with two attached hydrogens (primary N) is 1. The molecule has 100 valence electrons. The van der Waals surface area contributed by atoms with Gasteiger partial charge in [-0.1, -0.05) is 41.9 Å². The molecule has 0 radical (unpaired) electrons. The lowest BCUT2D eigenvalue weighted by Gasteiger charge is -2.27. The number of halogens is 1. The van der Waals surface area contributed by atoms with Crippen molar-refractivity contribution < 1.29 is 0 Å². The highest BCUT2D eigenvalue weighted by Gasteiger charge is 2.31. The molecule has 2 rings (SSSR count). The summed E-state index contributed by atoms with van der Waals surface area (Å²) in [7, 11) is 0. The maximum Gasteiger partial charge on any atom is 0.0471 e. The molecule has 18 heavy (non-hydrogen) atoms. The molecule has 1 aliphatic heterocycles. The van der Waals surface area contributed by atoms with Gasteiger partial charge in [0.1, 0.15) is 0 Å². The molecule has 3 heteroatoms. The van der Waals surface area contributed by atoms with Gasteiger partial charge in [-0.15, -0.1) is 0 Å².